The van der Waals surface area contributed by atoms with Gasteiger partial charge in [0.15, 0.2) is 0 Å². The van der Waals surface area contributed by atoms with Gasteiger partial charge in [-0.25, -0.2) is 4.98 Å². The molecule has 2 aliphatic rings. The number of benzene rings is 12. The Hall–Kier alpha value is -11.8. The summed E-state index contributed by atoms with van der Waals surface area (Å²) in [7, 11) is 0. The van der Waals surface area contributed by atoms with Crippen LogP contribution in [0.15, 0.2) is 273 Å². The van der Waals surface area contributed by atoms with Gasteiger partial charge in [0.05, 0.1) is 53.9 Å². The van der Waals surface area contributed by atoms with Gasteiger partial charge in [0.2, 0.25) is 17.8 Å². The molecule has 0 N–H and O–H groups in total. The fraction of sp³-hybridized carbons (Fsp3) is 0.173. The van der Waals surface area contributed by atoms with Gasteiger partial charge >= 0.3 is 0 Å². The molecule has 0 spiro atoms. The summed E-state index contributed by atoms with van der Waals surface area (Å²) < 4.78 is 440. The zero-order valence-corrected chi connectivity index (χ0v) is 58.7. The SMILES string of the molecule is [2H]c1c([2H])c([2H])c(-c2cnc(-n3c4[c-]c(N(c5[c-]c(-n6[c-][n+](-c7c(-c8c([2H])c([2H])c9c(c8[2H])C(C([2H])([2H])[2H])(C([2H])([2H])[2H])C([2H])([2H])C([2H])([2H])C9(C([2H])([2H])[2H])C([2H])([2H])[2H])cccc7-c7c([2H])c([2H])c8c(c7[2H])C(C([2H])([2H])[2H])(C([2H])([2H])[2H])C([2H])([2H])C([2H])([2H])C8(C([2H])([2H])[2H])C([2H])([2H])[2H])c7ccccc76)ccc5)c5nc(-n6c7ccccc7c7ccccc76)nc(-n6c7ccccc7c7ccccc76)n5)ccc4c4ccccc43)cc2C([2H])([2H])[2H])c([2H])c1[2H].[Pt]. The average molecular weight is 1640 g/mol. The summed E-state index contributed by atoms with van der Waals surface area (Å²) in [6.45, 7) is -40.3. The Morgan fingerprint density at radius 2 is 0.917 bits per heavy atom. The second kappa shape index (κ2) is 25.4. The number of pyridine rings is 1. The first-order valence-corrected chi connectivity index (χ1v) is 33.8. The molecule has 534 valence electrons. The van der Waals surface area contributed by atoms with Crippen molar-refractivity contribution in [2.75, 3.05) is 4.90 Å². The van der Waals surface area contributed by atoms with E-state index in [1.807, 2.05) is 106 Å². The van der Waals surface area contributed by atoms with Crippen LogP contribution in [0, 0.1) is 25.3 Å². The van der Waals surface area contributed by atoms with Gasteiger partial charge in [-0.1, -0.05) is 272 Å². The molecule has 12 aromatic carbocycles. The van der Waals surface area contributed by atoms with E-state index in [4.69, 9.17) is 47.4 Å². The predicted molar refractivity (Wildman–Crippen MR) is 442 cm³/mol. The largest absolute Gasteiger partial charge is 0.328 e. The smallest absolute Gasteiger partial charge is 0.268 e. The van der Waals surface area contributed by atoms with Gasteiger partial charge < -0.3 is 14.0 Å². The summed E-state index contributed by atoms with van der Waals surface area (Å²) in [6.07, 6.45) is -15.4. The van der Waals surface area contributed by atoms with Crippen LogP contribution in [-0.4, -0.2) is 38.2 Å². The van der Waals surface area contributed by atoms with Crippen LogP contribution in [0.2, 0.25) is 0 Å². The van der Waals surface area contributed by atoms with E-state index in [1.165, 1.54) is 58.0 Å². The summed E-state index contributed by atoms with van der Waals surface area (Å²) in [6, 6.07) is 45.8. The molecule has 6 heterocycles. The maximum Gasteiger partial charge on any atom is 0.268 e. The Morgan fingerprint density at radius 3 is 1.45 bits per heavy atom. The second-order valence-electron chi connectivity index (χ2n) is 26.2. The van der Waals surface area contributed by atoms with E-state index in [-0.39, 0.29) is 83.9 Å². The van der Waals surface area contributed by atoms with Crippen molar-refractivity contribution >= 4 is 93.8 Å². The molecule has 0 saturated carbocycles. The van der Waals surface area contributed by atoms with E-state index < -0.39 is 237 Å². The number of rotatable bonds is 11. The van der Waals surface area contributed by atoms with Crippen molar-refractivity contribution in [3.63, 3.8) is 0 Å². The Labute approximate surface area is 714 Å². The van der Waals surface area contributed by atoms with Crippen LogP contribution < -0.4 is 9.47 Å². The molecule has 0 fully saturated rings. The van der Waals surface area contributed by atoms with Crippen LogP contribution in [0.25, 0.3) is 139 Å². The topological polar surface area (TPSA) is 78.4 Å². The standard InChI is InChI=1S/C98H80N10.Pt/c1-62-55-90(99-60-77(62)63-27-11-10-12-28-63)106-82-38-18-13-35-75(82)76-48-47-68(59-89(76)106)105(92-100-93(107-83-39-19-14-31-71(83)72-32-15-20-40-84(72)107)102-94(101-92)108-85-41-21-16-33-73(85)74-34-17-22-42-86(74)108)67-30-25-29-66(58-67)103-61-104(88-44-24-23-43-87(88)103)91-69(64-45-49-78-80(56-64)97(6,7)53-51-95(78,2)3)36-26-37-70(91)65-46-50-79-81(57-65)98(8,9)54-52-96(79,4)5;/h10-50,55-57,60H,51-54H2,1-9H3;/q-2;/i1D3,2D3,3D3,4D3,5D3,6D3,7D3,8D3,9D3,10D,11D,12D,27D,28D,45D,46D,49D,50D,51D2,52D2,53D2,54D2,56D,57D;. The number of hydrogen-bond donors (Lipinski definition) is 0. The van der Waals surface area contributed by atoms with Crippen molar-refractivity contribution < 1.29 is 88.7 Å². The Bertz CT molecular complexity index is 8470. The first-order valence-electron chi connectivity index (χ1n) is 56.8. The molecule has 11 heteroatoms. The molecular formula is C98H80N10Pt-2. The summed E-state index contributed by atoms with van der Waals surface area (Å²) in [5.74, 6) is -0.439. The van der Waals surface area contributed by atoms with Crippen LogP contribution in [0.4, 0.5) is 17.3 Å². The third kappa shape index (κ3) is 10.9. The summed E-state index contributed by atoms with van der Waals surface area (Å²) in [5, 5.41) is 3.92. The van der Waals surface area contributed by atoms with Crippen molar-refractivity contribution in [3.05, 3.63) is 319 Å². The minimum Gasteiger partial charge on any atom is -0.328 e. The molecule has 2 aliphatic carbocycles. The van der Waals surface area contributed by atoms with Gasteiger partial charge in [-0.15, -0.1) is 23.6 Å². The maximum absolute atomic E-state index is 10.7. The molecule has 0 atom stereocenters. The van der Waals surface area contributed by atoms with E-state index in [0.717, 1.165) is 50.5 Å². The molecule has 0 unspecified atom stereocenters. The van der Waals surface area contributed by atoms with Gasteiger partial charge in [0.1, 0.15) is 5.82 Å². The van der Waals surface area contributed by atoms with Gasteiger partial charge in [0.25, 0.3) is 6.33 Å². The van der Waals surface area contributed by atoms with Crippen LogP contribution in [0.1, 0.15) is 171 Å². The first-order chi connectivity index (χ1) is 71.3. The monoisotopic (exact) mass is 1640 g/mol. The van der Waals surface area contributed by atoms with Crippen LogP contribution in [-0.2, 0) is 42.7 Å². The predicted octanol–water partition coefficient (Wildman–Crippen LogP) is 23.7. The van der Waals surface area contributed by atoms with Crippen molar-refractivity contribution in [2.45, 2.75) is 109 Å². The number of aryl methyl sites for hydroxylation is 1. The third-order valence-electron chi connectivity index (χ3n) is 19.7. The summed E-state index contributed by atoms with van der Waals surface area (Å²) >= 11 is 0. The van der Waals surface area contributed by atoms with Gasteiger partial charge in [-0.2, -0.15) is 39.2 Å². The first kappa shape index (κ1) is 34.6. The molecule has 0 amide bonds. The maximum atomic E-state index is 10.7. The van der Waals surface area contributed by atoms with Crippen molar-refractivity contribution in [1.29, 1.82) is 0 Å². The van der Waals surface area contributed by atoms with Gasteiger partial charge in [0, 0.05) is 108 Å². The number of nitrogens with zero attached hydrogens (tertiary/aromatic N) is 10. The minimum atomic E-state index is -4.96. The summed E-state index contributed by atoms with van der Waals surface area (Å²) in [4.78, 5) is 22.7. The number of hydrogen-bond acceptors (Lipinski definition) is 5. The van der Waals surface area contributed by atoms with Crippen molar-refractivity contribution in [2.24, 2.45) is 0 Å². The fourth-order valence-electron chi connectivity index (χ4n) is 14.8. The zero-order chi connectivity index (χ0) is 112. The molecule has 0 bridgehead atoms. The molecule has 6 aromatic heterocycles. The fourth-order valence-corrected chi connectivity index (χ4v) is 14.8. The molecule has 0 saturated heterocycles. The Kier molecular flexibility index (Phi) is 8.06. The van der Waals surface area contributed by atoms with Crippen molar-refractivity contribution in [1.82, 2.24) is 38.2 Å². The quantitative estimate of drug-likeness (QED) is 0.0952. The molecule has 0 radical (unpaired) electrons. The van der Waals surface area contributed by atoms with E-state index in [9.17, 15) is 35.6 Å². The molecule has 10 nitrogen and oxygen atoms in total. The minimum absolute atomic E-state index is 0. The van der Waals surface area contributed by atoms with E-state index >= 15 is 0 Å². The number of imidazole rings is 1. The van der Waals surface area contributed by atoms with Gasteiger partial charge in [-0.3, -0.25) is 13.7 Å². The van der Waals surface area contributed by atoms with E-state index in [0.29, 0.717) is 38.4 Å². The van der Waals surface area contributed by atoms with Crippen LogP contribution in [0.3, 0.4) is 0 Å². The molecule has 20 rings (SSSR count). The van der Waals surface area contributed by atoms with Crippen molar-refractivity contribution in [3.8, 4) is 62.5 Å². The molecule has 18 aromatic rings. The van der Waals surface area contributed by atoms with E-state index in [2.05, 4.69) is 18.5 Å². The second-order valence-corrected chi connectivity index (χ2v) is 26.2. The molecule has 0 aliphatic heterocycles. The van der Waals surface area contributed by atoms with Crippen LogP contribution in [0.5, 0.6) is 0 Å². The number of para-hydroxylation sites is 8. The normalized spacial score (nSPS) is 24.0. The third-order valence-corrected chi connectivity index (χ3v) is 19.7. The molecule has 109 heavy (non-hydrogen) atoms. The van der Waals surface area contributed by atoms with Crippen LogP contribution >= 0.6 is 0 Å². The number of anilines is 3. The molecular weight excluding hydrogens is 1510 g/mol. The van der Waals surface area contributed by atoms with E-state index in [1.54, 1.807) is 41.0 Å². The zero-order valence-electron chi connectivity index (χ0n) is 102. The summed E-state index contributed by atoms with van der Waals surface area (Å²) in [5.41, 5.74) is -32.1. The van der Waals surface area contributed by atoms with Gasteiger partial charge in [-0.05, 0) is 157 Å². The average Bonchev–Trinajstić information content (AvgIpc) is 0.845. The number of aromatic nitrogens is 9. The number of fused-ring (bicyclic) bond motifs is 12. The Morgan fingerprint density at radius 1 is 0.440 bits per heavy atom. The Balaban J connectivity index is 0.0000150.